The van der Waals surface area contributed by atoms with Gasteiger partial charge in [-0.2, -0.15) is 0 Å². The third-order valence-corrected chi connectivity index (χ3v) is 2.65. The molecule has 0 radical (unpaired) electrons. The number of likely N-dealkylation sites (N-methyl/N-ethyl adjacent to an activating group) is 1. The van der Waals surface area contributed by atoms with Crippen LogP contribution in [-0.4, -0.2) is 54.7 Å². The Bertz CT molecular complexity index is 195. The molecule has 4 heteroatoms. The second-order valence-electron chi connectivity index (χ2n) is 3.32. The summed E-state index contributed by atoms with van der Waals surface area (Å²) in [4.78, 5) is 15.3. The summed E-state index contributed by atoms with van der Waals surface area (Å²) in [6, 6.07) is 0.311. The molecule has 0 N–H and O–H groups in total. The van der Waals surface area contributed by atoms with Crippen LogP contribution < -0.4 is 0 Å². The van der Waals surface area contributed by atoms with Gasteiger partial charge >= 0.3 is 6.09 Å². The van der Waals surface area contributed by atoms with Gasteiger partial charge in [0.2, 0.25) is 0 Å². The molecule has 2 aliphatic heterocycles. The minimum Gasteiger partial charge on any atom is -0.447 e. The summed E-state index contributed by atoms with van der Waals surface area (Å²) in [5, 5.41) is 0. The smallest absolute Gasteiger partial charge is 0.410 e. The van der Waals surface area contributed by atoms with E-state index in [4.69, 9.17) is 4.74 Å². The first-order chi connectivity index (χ1) is 5.81. The van der Waals surface area contributed by atoms with Crippen LogP contribution in [0.1, 0.15) is 6.92 Å². The number of amides is 1. The average Bonchev–Trinajstić information content (AvgIpc) is 2.47. The molecule has 0 unspecified atom stereocenters. The molecule has 0 spiro atoms. The summed E-state index contributed by atoms with van der Waals surface area (Å²) in [6.07, 6.45) is -0.129. The molecule has 2 fully saturated rings. The molecule has 2 heterocycles. The van der Waals surface area contributed by atoms with E-state index in [-0.39, 0.29) is 6.09 Å². The predicted molar refractivity (Wildman–Crippen MR) is 44.0 cm³/mol. The van der Waals surface area contributed by atoms with Crippen molar-refractivity contribution in [2.45, 2.75) is 13.0 Å². The second-order valence-corrected chi connectivity index (χ2v) is 3.32. The van der Waals surface area contributed by atoms with E-state index in [2.05, 4.69) is 11.8 Å². The first-order valence-electron chi connectivity index (χ1n) is 4.47. The van der Waals surface area contributed by atoms with Crippen molar-refractivity contribution in [3.05, 3.63) is 0 Å². The highest BCUT2D eigenvalue weighted by atomic mass is 16.6. The topological polar surface area (TPSA) is 32.8 Å². The molecule has 1 amide bonds. The number of ether oxygens (including phenoxy) is 1. The Labute approximate surface area is 72.1 Å². The van der Waals surface area contributed by atoms with Crippen LogP contribution in [0.3, 0.4) is 0 Å². The molecular weight excluding hydrogens is 156 g/mol. The highest BCUT2D eigenvalue weighted by Gasteiger charge is 2.36. The molecule has 2 saturated heterocycles. The molecule has 0 aliphatic carbocycles. The van der Waals surface area contributed by atoms with E-state index >= 15 is 0 Å². The largest absolute Gasteiger partial charge is 0.447 e. The Kier molecular flexibility index (Phi) is 1.92. The lowest BCUT2D eigenvalue weighted by molar-refractivity contribution is 0.123. The van der Waals surface area contributed by atoms with Gasteiger partial charge in [0.15, 0.2) is 0 Å². The van der Waals surface area contributed by atoms with Crippen molar-refractivity contribution in [1.82, 2.24) is 9.80 Å². The quantitative estimate of drug-likeness (QED) is 0.561. The van der Waals surface area contributed by atoms with Crippen LogP contribution in [0.5, 0.6) is 0 Å². The molecule has 2 aliphatic rings. The highest BCUT2D eigenvalue weighted by Crippen LogP contribution is 2.16. The molecule has 68 valence electrons. The molecule has 0 aromatic carbocycles. The zero-order valence-electron chi connectivity index (χ0n) is 7.32. The minimum atomic E-state index is -0.129. The van der Waals surface area contributed by atoms with Gasteiger partial charge in [-0.1, -0.05) is 6.92 Å². The monoisotopic (exact) mass is 170 g/mol. The van der Waals surface area contributed by atoms with E-state index in [1.165, 1.54) is 0 Å². The van der Waals surface area contributed by atoms with Crippen LogP contribution >= 0.6 is 0 Å². The Morgan fingerprint density at radius 2 is 2.42 bits per heavy atom. The SMILES string of the molecule is CCN1CCN2C(=O)OC[C@H]2C1. The van der Waals surface area contributed by atoms with E-state index in [9.17, 15) is 4.79 Å². The molecule has 0 aromatic heterocycles. The van der Waals surface area contributed by atoms with Gasteiger partial charge in [-0.15, -0.1) is 0 Å². The Morgan fingerprint density at radius 1 is 1.58 bits per heavy atom. The number of carbonyl (C=O) groups excluding carboxylic acids is 1. The summed E-state index contributed by atoms with van der Waals surface area (Å²) in [6.45, 7) is 6.59. The Balaban J connectivity index is 1.99. The number of fused-ring (bicyclic) bond motifs is 1. The van der Waals surface area contributed by atoms with Crippen LogP contribution in [0, 0.1) is 0 Å². The normalized spacial score (nSPS) is 30.2. The van der Waals surface area contributed by atoms with Crippen molar-refractivity contribution in [1.29, 1.82) is 0 Å². The fourth-order valence-corrected chi connectivity index (χ4v) is 1.84. The maximum Gasteiger partial charge on any atom is 0.410 e. The molecule has 4 nitrogen and oxygen atoms in total. The van der Waals surface area contributed by atoms with E-state index < -0.39 is 0 Å². The number of carbonyl (C=O) groups is 1. The van der Waals surface area contributed by atoms with Crippen LogP contribution in [0.25, 0.3) is 0 Å². The number of nitrogens with zero attached hydrogens (tertiary/aromatic N) is 2. The van der Waals surface area contributed by atoms with Gasteiger partial charge in [-0.05, 0) is 6.54 Å². The Hall–Kier alpha value is -0.770. The number of hydrogen-bond acceptors (Lipinski definition) is 3. The van der Waals surface area contributed by atoms with Gasteiger partial charge < -0.3 is 4.74 Å². The van der Waals surface area contributed by atoms with Crippen molar-refractivity contribution in [3.8, 4) is 0 Å². The molecule has 1 atom stereocenters. The van der Waals surface area contributed by atoms with Crippen molar-refractivity contribution in [2.75, 3.05) is 32.8 Å². The lowest BCUT2D eigenvalue weighted by Gasteiger charge is -2.34. The number of piperazine rings is 1. The van der Waals surface area contributed by atoms with Gasteiger partial charge in [0.1, 0.15) is 6.61 Å². The van der Waals surface area contributed by atoms with Gasteiger partial charge in [0, 0.05) is 19.6 Å². The zero-order chi connectivity index (χ0) is 8.55. The Morgan fingerprint density at radius 3 is 3.17 bits per heavy atom. The van der Waals surface area contributed by atoms with Gasteiger partial charge in [0.05, 0.1) is 6.04 Å². The van der Waals surface area contributed by atoms with Crippen LogP contribution in [-0.2, 0) is 4.74 Å². The minimum absolute atomic E-state index is 0.129. The summed E-state index contributed by atoms with van der Waals surface area (Å²) in [7, 11) is 0. The van der Waals surface area contributed by atoms with Crippen LogP contribution in [0.4, 0.5) is 4.79 Å². The maximum absolute atomic E-state index is 11.1. The van der Waals surface area contributed by atoms with Crippen LogP contribution in [0.2, 0.25) is 0 Å². The first-order valence-corrected chi connectivity index (χ1v) is 4.47. The molecule has 12 heavy (non-hydrogen) atoms. The standard InChI is InChI=1S/C8H14N2O2/c1-2-9-3-4-10-7(5-9)6-12-8(10)11/h7H,2-6H2,1H3/t7-/m1/s1. The summed E-state index contributed by atoms with van der Waals surface area (Å²) >= 11 is 0. The fraction of sp³-hybridized carbons (Fsp3) is 0.875. The van der Waals surface area contributed by atoms with Gasteiger partial charge in [0.25, 0.3) is 0 Å². The van der Waals surface area contributed by atoms with E-state index in [1.807, 2.05) is 4.90 Å². The zero-order valence-corrected chi connectivity index (χ0v) is 7.32. The second kappa shape index (κ2) is 2.94. The third kappa shape index (κ3) is 1.16. The molecule has 0 aromatic rings. The van der Waals surface area contributed by atoms with Crippen molar-refractivity contribution >= 4 is 6.09 Å². The number of rotatable bonds is 1. The average molecular weight is 170 g/mol. The molecular formula is C8H14N2O2. The van der Waals surface area contributed by atoms with E-state index in [0.29, 0.717) is 12.6 Å². The van der Waals surface area contributed by atoms with E-state index in [0.717, 1.165) is 26.2 Å². The van der Waals surface area contributed by atoms with Crippen LogP contribution in [0.15, 0.2) is 0 Å². The van der Waals surface area contributed by atoms with Crippen molar-refractivity contribution in [2.24, 2.45) is 0 Å². The summed E-state index contributed by atoms with van der Waals surface area (Å²) < 4.78 is 4.95. The van der Waals surface area contributed by atoms with Gasteiger partial charge in [-0.25, -0.2) is 4.79 Å². The lowest BCUT2D eigenvalue weighted by Crippen LogP contribution is -2.51. The van der Waals surface area contributed by atoms with Crippen molar-refractivity contribution < 1.29 is 9.53 Å². The first kappa shape index (κ1) is 7.86. The number of cyclic esters (lactones) is 1. The summed E-state index contributed by atoms with van der Waals surface area (Å²) in [5.74, 6) is 0. The van der Waals surface area contributed by atoms with Crippen molar-refractivity contribution in [3.63, 3.8) is 0 Å². The predicted octanol–water partition coefficient (Wildman–Crippen LogP) is 0.143. The molecule has 0 bridgehead atoms. The molecule has 0 saturated carbocycles. The lowest BCUT2D eigenvalue weighted by atomic mass is 10.2. The fourth-order valence-electron chi connectivity index (χ4n) is 1.84. The number of hydrogen-bond donors (Lipinski definition) is 0. The summed E-state index contributed by atoms with van der Waals surface area (Å²) in [5.41, 5.74) is 0. The maximum atomic E-state index is 11.1. The molecule has 2 rings (SSSR count). The van der Waals surface area contributed by atoms with Gasteiger partial charge in [-0.3, -0.25) is 9.80 Å². The van der Waals surface area contributed by atoms with E-state index in [1.54, 1.807) is 0 Å². The highest BCUT2D eigenvalue weighted by molar-refractivity contribution is 5.70. The third-order valence-electron chi connectivity index (χ3n) is 2.65.